The van der Waals surface area contributed by atoms with E-state index in [2.05, 4.69) is 37.6 Å². The highest BCUT2D eigenvalue weighted by atomic mass is 19.1. The quantitative estimate of drug-likeness (QED) is 0.561. The van der Waals surface area contributed by atoms with Crippen LogP contribution in [0.5, 0.6) is 0 Å². The second-order valence-electron chi connectivity index (χ2n) is 9.79. The summed E-state index contributed by atoms with van der Waals surface area (Å²) in [5.41, 5.74) is 2.12. The van der Waals surface area contributed by atoms with E-state index in [1.165, 1.54) is 4.90 Å². The van der Waals surface area contributed by atoms with Gasteiger partial charge in [-0.2, -0.15) is 4.98 Å². The first-order chi connectivity index (χ1) is 17.3. The zero-order valence-corrected chi connectivity index (χ0v) is 21.3. The first-order valence-corrected chi connectivity index (χ1v) is 12.7. The van der Waals surface area contributed by atoms with E-state index in [-0.39, 0.29) is 48.3 Å². The van der Waals surface area contributed by atoms with Gasteiger partial charge in [0.2, 0.25) is 11.9 Å². The highest BCUT2D eigenvalue weighted by molar-refractivity contribution is 5.89. The van der Waals surface area contributed by atoms with Gasteiger partial charge in [0.25, 0.3) is 0 Å². The molecule has 10 heteroatoms. The van der Waals surface area contributed by atoms with E-state index < -0.39 is 11.9 Å². The molecule has 3 atom stereocenters. The Morgan fingerprint density at radius 3 is 2.69 bits per heavy atom. The Hall–Kier alpha value is -3.43. The van der Waals surface area contributed by atoms with E-state index in [9.17, 15) is 14.0 Å². The minimum Gasteiger partial charge on any atom is -0.447 e. The fourth-order valence-electron chi connectivity index (χ4n) is 4.68. The normalized spacial score (nSPS) is 20.9. The van der Waals surface area contributed by atoms with Crippen LogP contribution in [-0.2, 0) is 9.53 Å². The molecule has 1 aromatic heterocycles. The number of aromatic nitrogens is 2. The molecule has 1 aromatic carbocycles. The maximum atomic E-state index is 14.6. The summed E-state index contributed by atoms with van der Waals surface area (Å²) in [5, 5.41) is 6.32. The number of piperidine rings is 1. The largest absolute Gasteiger partial charge is 0.447 e. The molecule has 2 N–H and O–H groups in total. The van der Waals surface area contributed by atoms with Gasteiger partial charge in [0.15, 0.2) is 11.6 Å². The van der Waals surface area contributed by atoms with Crippen LogP contribution < -0.4 is 20.4 Å². The van der Waals surface area contributed by atoms with Gasteiger partial charge in [-0.3, -0.25) is 9.69 Å². The Labute approximate surface area is 211 Å². The number of halogens is 1. The zero-order chi connectivity index (χ0) is 25.8. The third-order valence-electron chi connectivity index (χ3n) is 6.84. The molecule has 2 aromatic rings. The number of benzene rings is 1. The van der Waals surface area contributed by atoms with Crippen LogP contribution in [-0.4, -0.2) is 53.7 Å². The molecule has 4 rings (SSSR count). The zero-order valence-electron chi connectivity index (χ0n) is 21.3. The highest BCUT2D eigenvalue weighted by Crippen LogP contribution is 2.29. The minimum atomic E-state index is -0.669. The Kier molecular flexibility index (Phi) is 7.91. The van der Waals surface area contributed by atoms with Gasteiger partial charge in [-0.1, -0.05) is 32.9 Å². The molecule has 9 nitrogen and oxygen atoms in total. The molecule has 0 radical (unpaired) electrons. The summed E-state index contributed by atoms with van der Waals surface area (Å²) in [6, 6.07) is 7.95. The van der Waals surface area contributed by atoms with Crippen molar-refractivity contribution in [3.05, 3.63) is 41.8 Å². The lowest BCUT2D eigenvalue weighted by molar-refractivity contribution is -0.121. The average Bonchev–Trinajstić information content (AvgIpc) is 3.26. The first-order valence-electron chi connectivity index (χ1n) is 12.7. The molecule has 3 heterocycles. The summed E-state index contributed by atoms with van der Waals surface area (Å²) >= 11 is 0. The smallest absolute Gasteiger partial charge is 0.416 e. The van der Waals surface area contributed by atoms with Crippen LogP contribution in [0.3, 0.4) is 0 Å². The molecule has 2 aliphatic heterocycles. The van der Waals surface area contributed by atoms with Crippen LogP contribution in [0.15, 0.2) is 30.5 Å². The first kappa shape index (κ1) is 25.7. The molecule has 194 valence electrons. The van der Waals surface area contributed by atoms with Gasteiger partial charge in [-0.25, -0.2) is 14.2 Å². The molecule has 0 bridgehead atoms. The van der Waals surface area contributed by atoms with Crippen molar-refractivity contribution >= 4 is 29.5 Å². The molecular formula is C26H35FN6O3. The lowest BCUT2D eigenvalue weighted by atomic mass is 10.0. The lowest BCUT2D eigenvalue weighted by Crippen LogP contribution is -2.47. The van der Waals surface area contributed by atoms with Crippen LogP contribution in [0.2, 0.25) is 0 Å². The van der Waals surface area contributed by atoms with E-state index in [1.807, 2.05) is 39.8 Å². The second-order valence-corrected chi connectivity index (χ2v) is 9.79. The fourth-order valence-corrected chi connectivity index (χ4v) is 4.68. The SMILES string of the molecule is CCC(=O)NC1CCCN(c2ccc([C@H](C)Nc3ncc(F)c(N4C(=O)OC[C@@H]4C(C)C)n3)cc2)C1. The molecule has 1 unspecified atom stereocenters. The fraction of sp³-hybridized carbons (Fsp3) is 0.538. The van der Waals surface area contributed by atoms with Crippen LogP contribution in [0.25, 0.3) is 0 Å². The van der Waals surface area contributed by atoms with E-state index in [1.54, 1.807) is 0 Å². The van der Waals surface area contributed by atoms with Crippen LogP contribution in [0.4, 0.5) is 26.6 Å². The summed E-state index contributed by atoms with van der Waals surface area (Å²) in [5.74, 6) is -0.346. The minimum absolute atomic E-state index is 0.0777. The van der Waals surface area contributed by atoms with Crippen molar-refractivity contribution in [2.75, 3.05) is 34.8 Å². The van der Waals surface area contributed by atoms with Crippen LogP contribution in [0, 0.1) is 11.7 Å². The molecular weight excluding hydrogens is 463 g/mol. The summed E-state index contributed by atoms with van der Waals surface area (Å²) in [6.45, 7) is 9.69. The van der Waals surface area contributed by atoms with Gasteiger partial charge in [-0.05, 0) is 43.4 Å². The summed E-state index contributed by atoms with van der Waals surface area (Å²) in [6.07, 6.45) is 2.99. The number of carbonyl (C=O) groups excluding carboxylic acids is 2. The van der Waals surface area contributed by atoms with Crippen LogP contribution in [0.1, 0.15) is 58.6 Å². The standard InChI is InChI=1S/C26H35FN6O3/c1-5-23(34)30-19-7-6-12-32(14-19)20-10-8-18(9-11-20)17(4)29-25-28-13-21(27)24(31-25)33-22(16(2)3)15-36-26(33)35/h8-11,13,16-17,19,22H,5-7,12,14-15H2,1-4H3,(H,30,34)(H,28,29,31)/t17-,19?,22+/m0/s1. The van der Waals surface area contributed by atoms with Crippen LogP contribution >= 0.6 is 0 Å². The number of nitrogens with one attached hydrogen (secondary N) is 2. The average molecular weight is 499 g/mol. The monoisotopic (exact) mass is 498 g/mol. The number of hydrogen-bond acceptors (Lipinski definition) is 7. The molecule has 2 aliphatic rings. The van der Waals surface area contributed by atoms with Crippen molar-refractivity contribution in [2.24, 2.45) is 5.92 Å². The number of rotatable bonds is 8. The third-order valence-corrected chi connectivity index (χ3v) is 6.84. The predicted molar refractivity (Wildman–Crippen MR) is 137 cm³/mol. The van der Waals surface area contributed by atoms with E-state index in [4.69, 9.17) is 4.74 Å². The van der Waals surface area contributed by atoms with Crippen molar-refractivity contribution in [3.8, 4) is 0 Å². The topological polar surface area (TPSA) is 99.7 Å². The Morgan fingerprint density at radius 2 is 2.00 bits per heavy atom. The molecule has 36 heavy (non-hydrogen) atoms. The maximum absolute atomic E-state index is 14.6. The van der Waals surface area contributed by atoms with Crippen molar-refractivity contribution in [3.63, 3.8) is 0 Å². The summed E-state index contributed by atoms with van der Waals surface area (Å²) in [7, 11) is 0. The van der Waals surface area contributed by atoms with Gasteiger partial charge in [-0.15, -0.1) is 0 Å². The molecule has 0 aliphatic carbocycles. The molecule has 0 spiro atoms. The van der Waals surface area contributed by atoms with Gasteiger partial charge in [0, 0.05) is 31.2 Å². The van der Waals surface area contributed by atoms with Gasteiger partial charge in [0.1, 0.15) is 6.61 Å². The van der Waals surface area contributed by atoms with Crippen molar-refractivity contribution in [2.45, 2.75) is 65.1 Å². The number of nitrogens with zero attached hydrogens (tertiary/aromatic N) is 4. The molecule has 2 fully saturated rings. The van der Waals surface area contributed by atoms with Gasteiger partial charge >= 0.3 is 6.09 Å². The predicted octanol–water partition coefficient (Wildman–Crippen LogP) is 4.27. The highest BCUT2D eigenvalue weighted by Gasteiger charge is 2.39. The van der Waals surface area contributed by atoms with E-state index in [0.29, 0.717) is 6.42 Å². The van der Waals surface area contributed by atoms with E-state index in [0.717, 1.165) is 43.4 Å². The van der Waals surface area contributed by atoms with Crippen molar-refractivity contribution < 1.29 is 18.7 Å². The Bertz CT molecular complexity index is 1080. The third kappa shape index (κ3) is 5.68. The number of amides is 2. The molecule has 2 amide bonds. The lowest BCUT2D eigenvalue weighted by Gasteiger charge is -2.35. The van der Waals surface area contributed by atoms with Gasteiger partial charge in [0.05, 0.1) is 18.3 Å². The number of ether oxygens (including phenoxy) is 1. The Balaban J connectivity index is 1.43. The number of anilines is 3. The number of hydrogen-bond donors (Lipinski definition) is 2. The summed E-state index contributed by atoms with van der Waals surface area (Å²) < 4.78 is 19.7. The molecule has 0 saturated carbocycles. The molecule has 2 saturated heterocycles. The Morgan fingerprint density at radius 1 is 1.25 bits per heavy atom. The number of cyclic esters (lactones) is 1. The van der Waals surface area contributed by atoms with Crippen molar-refractivity contribution in [1.82, 2.24) is 15.3 Å². The van der Waals surface area contributed by atoms with Crippen molar-refractivity contribution in [1.29, 1.82) is 0 Å². The summed E-state index contributed by atoms with van der Waals surface area (Å²) in [4.78, 5) is 36.0. The second kappa shape index (κ2) is 11.1. The number of carbonyl (C=O) groups is 2. The van der Waals surface area contributed by atoms with E-state index >= 15 is 0 Å². The maximum Gasteiger partial charge on any atom is 0.416 e. The van der Waals surface area contributed by atoms with Gasteiger partial charge < -0.3 is 20.3 Å².